The first-order valence-corrected chi connectivity index (χ1v) is 12.1. The Morgan fingerprint density at radius 1 is 1.28 bits per heavy atom. The molecule has 13 heteroatoms. The first-order valence-electron chi connectivity index (χ1n) is 8.23. The van der Waals surface area contributed by atoms with Crippen molar-refractivity contribution in [3.8, 4) is 0 Å². The quantitative estimate of drug-likeness (QED) is 0.532. The van der Waals surface area contributed by atoms with Gasteiger partial charge in [0.1, 0.15) is 0 Å². The van der Waals surface area contributed by atoms with Gasteiger partial charge in [0.2, 0.25) is 10.0 Å². The van der Waals surface area contributed by atoms with Crippen LogP contribution < -0.4 is 5.32 Å². The molecular weight excluding hydrogens is 554 g/mol. The molecule has 1 aromatic heterocycles. The first kappa shape index (κ1) is 22.3. The predicted molar refractivity (Wildman–Crippen MR) is 112 cm³/mol. The highest BCUT2D eigenvalue weighted by Crippen LogP contribution is 2.27. The molecule has 0 unspecified atom stereocenters. The summed E-state index contributed by atoms with van der Waals surface area (Å²) in [5, 5.41) is 2.86. The molecule has 1 N–H and O–H groups in total. The molecule has 2 heterocycles. The summed E-state index contributed by atoms with van der Waals surface area (Å²) in [6.07, 6.45) is 1.53. The van der Waals surface area contributed by atoms with E-state index in [2.05, 4.69) is 42.2 Å². The number of nitrogens with one attached hydrogen (secondary N) is 1. The number of morpholine rings is 1. The molecule has 9 nitrogen and oxygen atoms in total. The summed E-state index contributed by atoms with van der Waals surface area (Å²) >= 11 is 7.66. The molecule has 0 radical (unpaired) electrons. The number of halogens is 2. The molecule has 156 valence electrons. The maximum atomic E-state index is 12.9. The highest BCUT2D eigenvalue weighted by atomic mass is 79.9. The van der Waals surface area contributed by atoms with Gasteiger partial charge < -0.3 is 9.47 Å². The highest BCUT2D eigenvalue weighted by molar-refractivity contribution is 9.11. The zero-order chi connectivity index (χ0) is 21.0. The van der Waals surface area contributed by atoms with Crippen LogP contribution in [0.5, 0.6) is 0 Å². The van der Waals surface area contributed by atoms with Gasteiger partial charge in [0.15, 0.2) is 11.7 Å². The summed E-state index contributed by atoms with van der Waals surface area (Å²) < 4.78 is 38.3. The van der Waals surface area contributed by atoms with Gasteiger partial charge in [0.05, 0.1) is 33.7 Å². The Hall–Kier alpha value is -1.38. The van der Waals surface area contributed by atoms with Crippen molar-refractivity contribution in [2.45, 2.75) is 4.90 Å². The lowest BCUT2D eigenvalue weighted by atomic mass is 10.2. The number of aromatic nitrogens is 1. The van der Waals surface area contributed by atoms with Crippen LogP contribution in [0, 0.1) is 0 Å². The van der Waals surface area contributed by atoms with Gasteiger partial charge >= 0.3 is 5.97 Å². The number of ether oxygens (including phenoxy) is 2. The molecular formula is C16H15Br2N3O6S2. The molecule has 1 fully saturated rings. The number of esters is 1. The zero-order valence-electron chi connectivity index (χ0n) is 14.8. The molecule has 0 aliphatic carbocycles. The smallest absolute Gasteiger partial charge is 0.338 e. The Morgan fingerprint density at radius 3 is 2.66 bits per heavy atom. The molecule has 2 aromatic rings. The predicted octanol–water partition coefficient (Wildman–Crippen LogP) is 2.48. The van der Waals surface area contributed by atoms with Crippen molar-refractivity contribution < 1.29 is 27.5 Å². The van der Waals surface area contributed by atoms with E-state index in [1.807, 2.05) is 0 Å². The number of benzene rings is 1. The van der Waals surface area contributed by atoms with Crippen LogP contribution in [-0.4, -0.2) is 62.5 Å². The Balaban J connectivity index is 1.68. The van der Waals surface area contributed by atoms with Crippen molar-refractivity contribution in [2.75, 3.05) is 38.2 Å². The maximum absolute atomic E-state index is 12.9. The largest absolute Gasteiger partial charge is 0.452 e. The summed E-state index contributed by atoms with van der Waals surface area (Å²) in [4.78, 5) is 28.1. The number of amides is 1. The van der Waals surface area contributed by atoms with Crippen molar-refractivity contribution in [3.63, 3.8) is 0 Å². The molecule has 1 saturated heterocycles. The molecule has 3 rings (SSSR count). The fourth-order valence-corrected chi connectivity index (χ4v) is 5.92. The van der Waals surface area contributed by atoms with Crippen LogP contribution in [0.1, 0.15) is 10.4 Å². The van der Waals surface area contributed by atoms with Gasteiger partial charge in [-0.1, -0.05) is 11.3 Å². The second kappa shape index (κ2) is 9.62. The van der Waals surface area contributed by atoms with E-state index in [1.54, 1.807) is 0 Å². The third-order valence-corrected chi connectivity index (χ3v) is 8.10. The Kier molecular flexibility index (Phi) is 7.40. The van der Waals surface area contributed by atoms with Gasteiger partial charge in [-0.2, -0.15) is 4.31 Å². The monoisotopic (exact) mass is 567 g/mol. The van der Waals surface area contributed by atoms with E-state index < -0.39 is 28.5 Å². The van der Waals surface area contributed by atoms with E-state index in [9.17, 15) is 18.0 Å². The van der Waals surface area contributed by atoms with Crippen molar-refractivity contribution in [1.29, 1.82) is 0 Å². The molecule has 0 atom stereocenters. The fourth-order valence-electron chi connectivity index (χ4n) is 2.44. The maximum Gasteiger partial charge on any atom is 0.338 e. The van der Waals surface area contributed by atoms with Crippen molar-refractivity contribution in [3.05, 3.63) is 38.2 Å². The van der Waals surface area contributed by atoms with E-state index in [0.717, 1.165) is 3.79 Å². The van der Waals surface area contributed by atoms with Crippen LogP contribution in [-0.2, 0) is 24.3 Å². The highest BCUT2D eigenvalue weighted by Gasteiger charge is 2.29. The lowest BCUT2D eigenvalue weighted by molar-refractivity contribution is -0.119. The summed E-state index contributed by atoms with van der Waals surface area (Å²) in [5.41, 5.74) is 0.0184. The minimum atomic E-state index is -3.81. The van der Waals surface area contributed by atoms with Gasteiger partial charge in [-0.3, -0.25) is 10.1 Å². The Morgan fingerprint density at radius 2 is 2.00 bits per heavy atom. The average molecular weight is 569 g/mol. The summed E-state index contributed by atoms with van der Waals surface area (Å²) in [5.74, 6) is -1.37. The number of thiazole rings is 1. The first-order chi connectivity index (χ1) is 13.8. The summed E-state index contributed by atoms with van der Waals surface area (Å²) in [6.45, 7) is 0.553. The van der Waals surface area contributed by atoms with E-state index in [1.165, 1.54) is 40.0 Å². The van der Waals surface area contributed by atoms with Gasteiger partial charge in [0.25, 0.3) is 5.91 Å². The average Bonchev–Trinajstić information content (AvgIpc) is 3.11. The molecule has 29 heavy (non-hydrogen) atoms. The molecule has 1 aliphatic rings. The second-order valence-electron chi connectivity index (χ2n) is 5.76. The number of carbonyl (C=O) groups is 2. The van der Waals surface area contributed by atoms with Crippen LogP contribution in [0.2, 0.25) is 0 Å². The van der Waals surface area contributed by atoms with Crippen LogP contribution in [0.25, 0.3) is 0 Å². The third kappa shape index (κ3) is 5.61. The normalized spacial score (nSPS) is 15.1. The van der Waals surface area contributed by atoms with Gasteiger partial charge in [-0.05, 0) is 50.1 Å². The molecule has 0 bridgehead atoms. The number of hydrogen-bond donors (Lipinski definition) is 1. The SMILES string of the molecule is O=C(COC(=O)c1ccc(Br)c(S(=O)(=O)N2CCOCC2)c1)Nc1ncc(Br)s1. The molecule has 1 aromatic carbocycles. The van der Waals surface area contributed by atoms with Crippen molar-refractivity contribution in [2.24, 2.45) is 0 Å². The van der Waals surface area contributed by atoms with E-state index in [4.69, 9.17) is 9.47 Å². The molecule has 1 aliphatic heterocycles. The van der Waals surface area contributed by atoms with Gasteiger partial charge in [0, 0.05) is 17.6 Å². The molecule has 0 saturated carbocycles. The van der Waals surface area contributed by atoms with E-state index in [-0.39, 0.29) is 23.5 Å². The zero-order valence-corrected chi connectivity index (χ0v) is 19.6. The van der Waals surface area contributed by atoms with E-state index >= 15 is 0 Å². The van der Waals surface area contributed by atoms with Crippen LogP contribution in [0.4, 0.5) is 5.13 Å². The van der Waals surface area contributed by atoms with Crippen molar-refractivity contribution in [1.82, 2.24) is 9.29 Å². The standard InChI is InChI=1S/C16H15Br2N3O6S2/c17-11-2-1-10(7-12(11)29(24,25)21-3-5-26-6-4-21)15(23)27-9-14(22)20-16-19-8-13(18)28-16/h1-2,7-8H,3-6,9H2,(H,19,20,22). The Labute approximate surface area is 187 Å². The molecule has 1 amide bonds. The number of anilines is 1. The Bertz CT molecular complexity index is 1020. The van der Waals surface area contributed by atoms with Crippen LogP contribution >= 0.6 is 43.2 Å². The fraction of sp³-hybridized carbons (Fsp3) is 0.312. The van der Waals surface area contributed by atoms with Crippen molar-refractivity contribution >= 4 is 70.2 Å². The number of rotatable bonds is 6. The minimum absolute atomic E-state index is 0.0184. The number of nitrogens with zero attached hydrogens (tertiary/aromatic N) is 2. The third-order valence-electron chi connectivity index (χ3n) is 3.81. The number of carbonyl (C=O) groups excluding carboxylic acids is 2. The van der Waals surface area contributed by atoms with E-state index in [0.29, 0.717) is 22.8 Å². The van der Waals surface area contributed by atoms with Crippen LogP contribution in [0.15, 0.2) is 37.6 Å². The summed E-state index contributed by atoms with van der Waals surface area (Å²) in [6, 6.07) is 4.10. The van der Waals surface area contributed by atoms with Gasteiger partial charge in [-0.25, -0.2) is 18.2 Å². The number of hydrogen-bond acceptors (Lipinski definition) is 8. The minimum Gasteiger partial charge on any atom is -0.452 e. The summed E-state index contributed by atoms with van der Waals surface area (Å²) in [7, 11) is -3.81. The lowest BCUT2D eigenvalue weighted by Crippen LogP contribution is -2.40. The lowest BCUT2D eigenvalue weighted by Gasteiger charge is -2.26. The number of sulfonamides is 1. The van der Waals surface area contributed by atoms with Gasteiger partial charge in [-0.15, -0.1) is 0 Å². The topological polar surface area (TPSA) is 115 Å². The molecule has 0 spiro atoms. The second-order valence-corrected chi connectivity index (χ2v) is 10.9. The van der Waals surface area contributed by atoms with Crippen LogP contribution in [0.3, 0.4) is 0 Å².